The van der Waals surface area contributed by atoms with Gasteiger partial charge in [0.05, 0.1) is 23.5 Å². The maximum absolute atomic E-state index is 12.1. The molecule has 0 radical (unpaired) electrons. The number of benzene rings is 1. The number of quaternary nitrogens is 1. The van der Waals surface area contributed by atoms with Crippen molar-refractivity contribution in [2.45, 2.75) is 19.5 Å². The van der Waals surface area contributed by atoms with E-state index in [0.29, 0.717) is 17.2 Å². The predicted molar refractivity (Wildman–Crippen MR) is 96.7 cm³/mol. The molecule has 1 aliphatic heterocycles. The maximum Gasteiger partial charge on any atom is 0.305 e. The van der Waals surface area contributed by atoms with Crippen molar-refractivity contribution in [3.8, 4) is 5.88 Å². The van der Waals surface area contributed by atoms with Crippen LogP contribution in [0.3, 0.4) is 0 Å². The van der Waals surface area contributed by atoms with E-state index in [0.717, 1.165) is 24.0 Å². The van der Waals surface area contributed by atoms with Gasteiger partial charge in [-0.25, -0.2) is 0 Å². The highest BCUT2D eigenvalue weighted by Gasteiger charge is 2.22. The molecule has 0 saturated carbocycles. The summed E-state index contributed by atoms with van der Waals surface area (Å²) in [7, 11) is 0. The minimum atomic E-state index is -0.392. The van der Waals surface area contributed by atoms with Crippen LogP contribution < -0.4 is 4.90 Å². The number of azo groups is 1. The van der Waals surface area contributed by atoms with Gasteiger partial charge in [-0.15, -0.1) is 21.6 Å². The van der Waals surface area contributed by atoms with E-state index in [9.17, 15) is 9.90 Å². The molecule has 7 heteroatoms. The van der Waals surface area contributed by atoms with Gasteiger partial charge in [-0.3, -0.25) is 9.36 Å². The van der Waals surface area contributed by atoms with Crippen molar-refractivity contribution in [3.63, 3.8) is 0 Å². The summed E-state index contributed by atoms with van der Waals surface area (Å²) in [6, 6.07) is 11.2. The minimum absolute atomic E-state index is 0.0725. The molecule has 0 bridgehead atoms. The number of hydrogen-bond acceptors (Lipinski definition) is 4. The van der Waals surface area contributed by atoms with E-state index in [2.05, 4.69) is 10.2 Å². The third-order valence-corrected chi connectivity index (χ3v) is 5.44. The Morgan fingerprint density at radius 1 is 1.20 bits per heavy atom. The molecule has 0 unspecified atom stereocenters. The summed E-state index contributed by atoms with van der Waals surface area (Å²) in [6.45, 7) is 2.92. The normalized spacial score (nSPS) is 15.5. The Morgan fingerprint density at radius 3 is 2.76 bits per heavy atom. The number of likely N-dealkylation sites (tertiary alicyclic amines) is 1. The lowest BCUT2D eigenvalue weighted by molar-refractivity contribution is -0.910. The predicted octanol–water partition coefficient (Wildman–Crippen LogP) is 2.97. The number of aromatic nitrogens is 1. The van der Waals surface area contributed by atoms with E-state index in [1.54, 1.807) is 12.1 Å². The zero-order valence-electron chi connectivity index (χ0n) is 13.7. The van der Waals surface area contributed by atoms with Gasteiger partial charge in [-0.1, -0.05) is 24.3 Å². The number of carbonyl (C=O) groups is 1. The Bertz CT molecular complexity index is 924. The van der Waals surface area contributed by atoms with E-state index in [1.165, 1.54) is 29.1 Å². The highest BCUT2D eigenvalue weighted by molar-refractivity contribution is 7.12. The fraction of sp³-hybridized carbons (Fsp3) is 0.278. The fourth-order valence-electron chi connectivity index (χ4n) is 3.33. The topological polar surface area (TPSA) is 71.4 Å². The molecule has 2 N–H and O–H groups in total. The molecule has 3 heterocycles. The molecule has 1 fully saturated rings. The lowest BCUT2D eigenvalue weighted by Gasteiger charge is -2.14. The molecule has 2 aromatic heterocycles. The molecule has 1 aliphatic rings. The number of fused-ring (bicyclic) bond motifs is 1. The molecule has 6 nitrogen and oxygen atoms in total. The lowest BCUT2D eigenvalue weighted by Crippen LogP contribution is -3.09. The fourth-order valence-corrected chi connectivity index (χ4v) is 3.93. The molecule has 25 heavy (non-hydrogen) atoms. The number of hydrogen-bond donors (Lipinski definition) is 2. The first-order valence-corrected chi connectivity index (χ1v) is 9.25. The summed E-state index contributed by atoms with van der Waals surface area (Å²) >= 11 is 1.33. The maximum atomic E-state index is 12.1. The SMILES string of the molecule is O=C(N=Nc1c(O)n(C[NH+]2CCCC2)c2ccccc12)c1cccs1. The van der Waals surface area contributed by atoms with Gasteiger partial charge >= 0.3 is 5.91 Å². The van der Waals surface area contributed by atoms with E-state index in [4.69, 9.17) is 0 Å². The minimum Gasteiger partial charge on any atom is -0.493 e. The third-order valence-electron chi connectivity index (χ3n) is 4.58. The van der Waals surface area contributed by atoms with Gasteiger partial charge in [0.15, 0.2) is 12.4 Å². The van der Waals surface area contributed by atoms with Crippen molar-refractivity contribution in [1.82, 2.24) is 4.57 Å². The molecule has 1 amide bonds. The highest BCUT2D eigenvalue weighted by atomic mass is 32.1. The van der Waals surface area contributed by atoms with Crippen molar-refractivity contribution in [2.75, 3.05) is 13.1 Å². The standard InChI is InChI=1S/C18H18N4O2S/c23-17(15-8-5-11-25-15)20-19-16-13-6-1-2-7-14(13)22(18(16)24)12-21-9-3-4-10-21/h1-2,5-8,11,24H,3-4,9-10,12H2/p+1. The van der Waals surface area contributed by atoms with Crippen LogP contribution in [0.5, 0.6) is 5.88 Å². The van der Waals surface area contributed by atoms with Crippen molar-refractivity contribution >= 4 is 33.8 Å². The Labute approximate surface area is 149 Å². The number of nitrogens with one attached hydrogen (secondary N) is 1. The molecular weight excluding hydrogens is 336 g/mol. The first kappa shape index (κ1) is 16.0. The molecule has 128 valence electrons. The number of thiophene rings is 1. The van der Waals surface area contributed by atoms with Crippen molar-refractivity contribution in [1.29, 1.82) is 0 Å². The van der Waals surface area contributed by atoms with E-state index in [1.807, 2.05) is 34.2 Å². The largest absolute Gasteiger partial charge is 0.493 e. The summed E-state index contributed by atoms with van der Waals surface area (Å²) in [4.78, 5) is 14.0. The van der Waals surface area contributed by atoms with Crippen molar-refractivity contribution < 1.29 is 14.8 Å². The van der Waals surface area contributed by atoms with Crippen LogP contribution in [-0.2, 0) is 6.67 Å². The summed E-state index contributed by atoms with van der Waals surface area (Å²) in [5.41, 5.74) is 1.27. The number of carbonyl (C=O) groups excluding carboxylic acids is 1. The lowest BCUT2D eigenvalue weighted by atomic mass is 10.2. The zero-order valence-corrected chi connectivity index (χ0v) is 14.5. The Kier molecular flexibility index (Phi) is 4.33. The van der Waals surface area contributed by atoms with Gasteiger partial charge in [0.25, 0.3) is 0 Å². The average Bonchev–Trinajstić information content (AvgIpc) is 3.37. The van der Waals surface area contributed by atoms with Crippen LogP contribution in [0.2, 0.25) is 0 Å². The Balaban J connectivity index is 1.70. The summed E-state index contributed by atoms with van der Waals surface area (Å²) in [5.74, 6) is -0.320. The summed E-state index contributed by atoms with van der Waals surface area (Å²) in [6.07, 6.45) is 2.44. The number of aromatic hydroxyl groups is 1. The van der Waals surface area contributed by atoms with Crippen LogP contribution in [0.15, 0.2) is 52.0 Å². The van der Waals surface area contributed by atoms with Crippen LogP contribution in [0.25, 0.3) is 10.9 Å². The molecule has 0 aliphatic carbocycles. The van der Waals surface area contributed by atoms with Gasteiger partial charge < -0.3 is 10.0 Å². The van der Waals surface area contributed by atoms with Gasteiger partial charge in [0.2, 0.25) is 5.88 Å². The zero-order chi connectivity index (χ0) is 17.2. The molecule has 1 saturated heterocycles. The van der Waals surface area contributed by atoms with E-state index >= 15 is 0 Å². The van der Waals surface area contributed by atoms with Crippen molar-refractivity contribution in [3.05, 3.63) is 46.7 Å². The molecule has 3 aromatic rings. The van der Waals surface area contributed by atoms with Gasteiger partial charge in [-0.2, -0.15) is 0 Å². The summed E-state index contributed by atoms with van der Waals surface area (Å²) in [5, 5.41) is 21.2. The number of rotatable bonds is 4. The highest BCUT2D eigenvalue weighted by Crippen LogP contribution is 2.38. The molecule has 0 atom stereocenters. The molecule has 1 aromatic carbocycles. The Hall–Kier alpha value is -2.51. The van der Waals surface area contributed by atoms with Crippen LogP contribution in [-0.4, -0.2) is 28.7 Å². The van der Waals surface area contributed by atoms with Gasteiger partial charge in [-0.05, 0) is 17.5 Å². The second-order valence-electron chi connectivity index (χ2n) is 6.22. The molecular formula is C18H19N4O2S+. The number of para-hydroxylation sites is 1. The van der Waals surface area contributed by atoms with Crippen LogP contribution in [0.4, 0.5) is 5.69 Å². The van der Waals surface area contributed by atoms with E-state index < -0.39 is 5.91 Å². The van der Waals surface area contributed by atoms with E-state index in [-0.39, 0.29) is 5.88 Å². The van der Waals surface area contributed by atoms with Crippen LogP contribution in [0.1, 0.15) is 22.5 Å². The smallest absolute Gasteiger partial charge is 0.305 e. The Morgan fingerprint density at radius 2 is 2.00 bits per heavy atom. The number of nitrogens with zero attached hydrogens (tertiary/aromatic N) is 3. The quantitative estimate of drug-likeness (QED) is 0.706. The first-order chi connectivity index (χ1) is 12.2. The third kappa shape index (κ3) is 3.08. The van der Waals surface area contributed by atoms with Crippen LogP contribution in [0, 0.1) is 0 Å². The second-order valence-corrected chi connectivity index (χ2v) is 7.16. The molecule has 4 rings (SSSR count). The number of amides is 1. The second kappa shape index (κ2) is 6.78. The van der Waals surface area contributed by atoms with Gasteiger partial charge in [0.1, 0.15) is 0 Å². The molecule has 0 spiro atoms. The van der Waals surface area contributed by atoms with Crippen LogP contribution >= 0.6 is 11.3 Å². The van der Waals surface area contributed by atoms with Gasteiger partial charge in [0, 0.05) is 18.2 Å². The monoisotopic (exact) mass is 355 g/mol. The summed E-state index contributed by atoms with van der Waals surface area (Å²) < 4.78 is 1.87. The van der Waals surface area contributed by atoms with Crippen molar-refractivity contribution in [2.24, 2.45) is 10.2 Å². The first-order valence-electron chi connectivity index (χ1n) is 8.37. The average molecular weight is 355 g/mol.